The Hall–Kier alpha value is -2.70. The van der Waals surface area contributed by atoms with Crippen LogP contribution in [0.4, 0.5) is 0 Å². The topological polar surface area (TPSA) is 90.3 Å². The minimum atomic E-state index is -0.708. The summed E-state index contributed by atoms with van der Waals surface area (Å²) in [5.74, 6) is -1.07. The van der Waals surface area contributed by atoms with E-state index in [0.29, 0.717) is 23.9 Å². The third-order valence-corrected chi connectivity index (χ3v) is 4.19. The molecular weight excluding hydrogens is 346 g/mol. The minimum Gasteiger partial charge on any atom is -0.451 e. The summed E-state index contributed by atoms with van der Waals surface area (Å²) < 4.78 is 6.43. The van der Waals surface area contributed by atoms with Crippen LogP contribution in [0, 0.1) is 0 Å². The van der Waals surface area contributed by atoms with Gasteiger partial charge in [-0.2, -0.15) is 5.10 Å². The molecule has 0 saturated carbocycles. The first-order chi connectivity index (χ1) is 13.1. The zero-order valence-electron chi connectivity index (χ0n) is 16.0. The van der Waals surface area contributed by atoms with E-state index in [1.54, 1.807) is 24.3 Å². The molecule has 146 valence electrons. The number of aryl methyl sites for hydroxylation is 1. The monoisotopic (exact) mass is 373 g/mol. The van der Waals surface area contributed by atoms with Crippen LogP contribution >= 0.6 is 0 Å². The van der Waals surface area contributed by atoms with Gasteiger partial charge in [-0.15, -0.1) is 0 Å². The molecule has 2 aromatic rings. The number of nitrogens with zero attached hydrogens (tertiary/aromatic N) is 2. The molecule has 7 heteroatoms. The van der Waals surface area contributed by atoms with Gasteiger partial charge < -0.3 is 10.1 Å². The summed E-state index contributed by atoms with van der Waals surface area (Å²) in [6.07, 6.45) is 4.79. The first kappa shape index (κ1) is 20.6. The van der Waals surface area contributed by atoms with Crippen molar-refractivity contribution in [2.75, 3.05) is 13.2 Å². The molecule has 1 amide bonds. The van der Waals surface area contributed by atoms with Crippen molar-refractivity contribution in [3.8, 4) is 0 Å². The molecule has 0 bridgehead atoms. The second-order valence-corrected chi connectivity index (χ2v) is 6.41. The van der Waals surface area contributed by atoms with Crippen molar-refractivity contribution in [2.24, 2.45) is 0 Å². The number of unbranched alkanes of at least 4 members (excludes halogenated alkanes) is 3. The first-order valence-electron chi connectivity index (χ1n) is 9.52. The average Bonchev–Trinajstić information content (AvgIpc) is 2.69. The van der Waals surface area contributed by atoms with E-state index in [0.717, 1.165) is 32.1 Å². The number of hydrogen-bond acceptors (Lipinski definition) is 5. The number of aromatic nitrogens is 2. The van der Waals surface area contributed by atoms with Crippen molar-refractivity contribution in [1.82, 2.24) is 15.1 Å². The molecule has 1 heterocycles. The Morgan fingerprint density at radius 1 is 1.07 bits per heavy atom. The van der Waals surface area contributed by atoms with Crippen LogP contribution < -0.4 is 10.9 Å². The molecule has 0 radical (unpaired) electrons. The van der Waals surface area contributed by atoms with E-state index in [-0.39, 0.29) is 23.8 Å². The number of esters is 1. The van der Waals surface area contributed by atoms with E-state index in [9.17, 15) is 14.4 Å². The van der Waals surface area contributed by atoms with Crippen molar-refractivity contribution >= 4 is 22.6 Å². The Bertz CT molecular complexity index is 845. The largest absolute Gasteiger partial charge is 0.451 e. The SMILES string of the molecule is CCCCCCn1nc(C(=O)OCC(=O)NCCC)c2ccccc2c1=O. The third kappa shape index (κ3) is 5.64. The van der Waals surface area contributed by atoms with Gasteiger partial charge >= 0.3 is 5.97 Å². The summed E-state index contributed by atoms with van der Waals surface area (Å²) >= 11 is 0. The molecule has 0 unspecified atom stereocenters. The molecule has 0 aliphatic heterocycles. The molecule has 0 atom stereocenters. The van der Waals surface area contributed by atoms with E-state index in [1.165, 1.54) is 4.68 Å². The summed E-state index contributed by atoms with van der Waals surface area (Å²) in [6, 6.07) is 6.82. The summed E-state index contributed by atoms with van der Waals surface area (Å²) in [6.45, 7) is 4.66. The Kier molecular flexibility index (Phi) is 7.98. The number of carbonyl (C=O) groups excluding carboxylic acids is 2. The fourth-order valence-corrected chi connectivity index (χ4v) is 2.74. The van der Waals surface area contributed by atoms with Crippen LogP contribution in [0.15, 0.2) is 29.1 Å². The summed E-state index contributed by atoms with van der Waals surface area (Å²) in [5, 5.41) is 7.74. The van der Waals surface area contributed by atoms with Gasteiger partial charge in [0.1, 0.15) is 0 Å². The van der Waals surface area contributed by atoms with Crippen LogP contribution in [0.3, 0.4) is 0 Å². The lowest BCUT2D eigenvalue weighted by atomic mass is 10.1. The highest BCUT2D eigenvalue weighted by Crippen LogP contribution is 2.14. The highest BCUT2D eigenvalue weighted by molar-refractivity contribution is 6.02. The predicted molar refractivity (Wildman–Crippen MR) is 104 cm³/mol. The number of fused-ring (bicyclic) bond motifs is 1. The van der Waals surface area contributed by atoms with E-state index in [1.807, 2.05) is 6.92 Å². The molecule has 1 N–H and O–H groups in total. The summed E-state index contributed by atoms with van der Waals surface area (Å²) in [5.41, 5.74) is -0.164. The number of nitrogens with one attached hydrogen (secondary N) is 1. The second-order valence-electron chi connectivity index (χ2n) is 6.41. The van der Waals surface area contributed by atoms with Gasteiger partial charge in [-0.3, -0.25) is 9.59 Å². The van der Waals surface area contributed by atoms with Crippen LogP contribution in [0.5, 0.6) is 0 Å². The maximum atomic E-state index is 12.6. The maximum absolute atomic E-state index is 12.6. The van der Waals surface area contributed by atoms with E-state index >= 15 is 0 Å². The lowest BCUT2D eigenvalue weighted by Gasteiger charge is -2.11. The first-order valence-corrected chi connectivity index (χ1v) is 9.52. The number of benzene rings is 1. The van der Waals surface area contributed by atoms with Gasteiger partial charge in [0.25, 0.3) is 11.5 Å². The van der Waals surface area contributed by atoms with Crippen molar-refractivity contribution in [3.63, 3.8) is 0 Å². The van der Waals surface area contributed by atoms with Crippen LogP contribution in [0.2, 0.25) is 0 Å². The normalized spacial score (nSPS) is 10.7. The van der Waals surface area contributed by atoms with Crippen LogP contribution in [0.25, 0.3) is 10.8 Å². The van der Waals surface area contributed by atoms with E-state index in [4.69, 9.17) is 4.74 Å². The van der Waals surface area contributed by atoms with Crippen molar-refractivity contribution in [1.29, 1.82) is 0 Å². The number of amides is 1. The Labute approximate surface area is 158 Å². The van der Waals surface area contributed by atoms with Crippen molar-refractivity contribution in [3.05, 3.63) is 40.3 Å². The molecule has 0 spiro atoms. The van der Waals surface area contributed by atoms with Crippen LogP contribution in [0.1, 0.15) is 56.4 Å². The molecule has 2 rings (SSSR count). The molecule has 27 heavy (non-hydrogen) atoms. The van der Waals surface area contributed by atoms with Crippen LogP contribution in [-0.2, 0) is 16.1 Å². The lowest BCUT2D eigenvalue weighted by molar-refractivity contribution is -0.124. The molecular formula is C20H27N3O4. The van der Waals surface area contributed by atoms with E-state index < -0.39 is 5.97 Å². The average molecular weight is 373 g/mol. The minimum absolute atomic E-state index is 0.0592. The maximum Gasteiger partial charge on any atom is 0.359 e. The van der Waals surface area contributed by atoms with Crippen molar-refractivity contribution in [2.45, 2.75) is 52.5 Å². The van der Waals surface area contributed by atoms with Gasteiger partial charge in [-0.05, 0) is 18.9 Å². The lowest BCUT2D eigenvalue weighted by Crippen LogP contribution is -2.30. The molecule has 0 fully saturated rings. The fraction of sp³-hybridized carbons (Fsp3) is 0.500. The van der Waals surface area contributed by atoms with Crippen molar-refractivity contribution < 1.29 is 14.3 Å². The van der Waals surface area contributed by atoms with Gasteiger partial charge in [0, 0.05) is 18.5 Å². The van der Waals surface area contributed by atoms with E-state index in [2.05, 4.69) is 17.3 Å². The highest BCUT2D eigenvalue weighted by atomic mass is 16.5. The van der Waals surface area contributed by atoms with Gasteiger partial charge in [-0.1, -0.05) is 51.3 Å². The quantitative estimate of drug-likeness (QED) is 0.511. The summed E-state index contributed by atoms with van der Waals surface area (Å²) in [7, 11) is 0. The number of carbonyl (C=O) groups is 2. The molecule has 0 aliphatic rings. The summed E-state index contributed by atoms with van der Waals surface area (Å²) in [4.78, 5) is 36.8. The zero-order valence-corrected chi connectivity index (χ0v) is 16.0. The number of ether oxygens (including phenoxy) is 1. The molecule has 1 aromatic carbocycles. The second kappa shape index (κ2) is 10.4. The molecule has 1 aromatic heterocycles. The molecule has 0 saturated heterocycles. The zero-order chi connectivity index (χ0) is 19.6. The number of hydrogen-bond donors (Lipinski definition) is 1. The smallest absolute Gasteiger partial charge is 0.359 e. The highest BCUT2D eigenvalue weighted by Gasteiger charge is 2.18. The Morgan fingerprint density at radius 2 is 1.81 bits per heavy atom. The fourth-order valence-electron chi connectivity index (χ4n) is 2.74. The van der Waals surface area contributed by atoms with Gasteiger partial charge in [0.2, 0.25) is 0 Å². The Balaban J connectivity index is 2.23. The van der Waals surface area contributed by atoms with Crippen LogP contribution in [-0.4, -0.2) is 34.8 Å². The van der Waals surface area contributed by atoms with Gasteiger partial charge in [0.15, 0.2) is 12.3 Å². The Morgan fingerprint density at radius 3 is 2.52 bits per heavy atom. The number of rotatable bonds is 10. The predicted octanol–water partition coefficient (Wildman–Crippen LogP) is 2.66. The molecule has 0 aliphatic carbocycles. The molecule has 7 nitrogen and oxygen atoms in total. The third-order valence-electron chi connectivity index (χ3n) is 4.19. The van der Waals surface area contributed by atoms with Gasteiger partial charge in [-0.25, -0.2) is 9.48 Å². The standard InChI is InChI=1S/C20H27N3O4/c1-3-5-6-9-13-23-19(25)16-11-8-7-10-15(16)18(22-23)20(26)27-14-17(24)21-12-4-2/h7-8,10-11H,3-6,9,12-14H2,1-2H3,(H,21,24). The van der Waals surface area contributed by atoms with Gasteiger partial charge in [0.05, 0.1) is 5.39 Å².